The molecule has 1 aliphatic carbocycles. The van der Waals surface area contributed by atoms with E-state index in [1.165, 1.54) is 4.90 Å². The lowest BCUT2D eigenvalue weighted by Crippen LogP contribution is -2.38. The van der Waals surface area contributed by atoms with Crippen LogP contribution in [0, 0.1) is 11.8 Å². The maximum atomic E-state index is 10.5. The minimum atomic E-state index is -0.964. The third-order valence-corrected chi connectivity index (χ3v) is 2.59. The first-order valence-electron chi connectivity index (χ1n) is 3.69. The molecule has 4 heteroatoms. The molecule has 2 aliphatic rings. The molecule has 4 nitrogen and oxygen atoms in total. The van der Waals surface area contributed by atoms with Gasteiger partial charge in [0.15, 0.2) is 0 Å². The fourth-order valence-electron chi connectivity index (χ4n) is 1.88. The Morgan fingerprint density at radius 3 is 2.82 bits per heavy atom. The van der Waals surface area contributed by atoms with Crippen LogP contribution in [0.25, 0.3) is 0 Å². The zero-order valence-electron chi connectivity index (χ0n) is 5.93. The quantitative estimate of drug-likeness (QED) is 0.549. The minimum Gasteiger partial charge on any atom is -0.465 e. The molecule has 60 valence electrons. The Morgan fingerprint density at radius 2 is 2.36 bits per heavy atom. The summed E-state index contributed by atoms with van der Waals surface area (Å²) in [6, 6.07) is -0.350. The van der Waals surface area contributed by atoms with Gasteiger partial charge in [-0.05, 0) is 18.3 Å². The fourth-order valence-corrected chi connectivity index (χ4v) is 1.88. The van der Waals surface area contributed by atoms with Crippen molar-refractivity contribution < 1.29 is 14.7 Å². The molecule has 2 rings (SSSR count). The fraction of sp³-hybridized carbons (Fsp3) is 0.714. The number of piperidine rings is 1. The monoisotopic (exact) mass is 155 g/mol. The summed E-state index contributed by atoms with van der Waals surface area (Å²) >= 11 is 0. The average Bonchev–Trinajstić information content (AvgIpc) is 2.63. The Hall–Kier alpha value is -1.06. The highest BCUT2D eigenvalue weighted by atomic mass is 16.4. The molecule has 1 N–H and O–H groups in total. The van der Waals surface area contributed by atoms with Crippen molar-refractivity contribution in [3.05, 3.63) is 0 Å². The van der Waals surface area contributed by atoms with E-state index >= 15 is 0 Å². The Kier molecular flexibility index (Phi) is 1.19. The maximum absolute atomic E-state index is 10.5. The lowest BCUT2D eigenvalue weighted by molar-refractivity contribution is -0.111. The van der Waals surface area contributed by atoms with Gasteiger partial charge < -0.3 is 9.90 Å². The molecule has 0 aromatic rings. The van der Waals surface area contributed by atoms with Crippen LogP contribution in [0.4, 0.5) is 4.79 Å². The second kappa shape index (κ2) is 1.96. The molecule has 3 atom stereocenters. The van der Waals surface area contributed by atoms with Gasteiger partial charge in [0, 0.05) is 6.54 Å². The van der Waals surface area contributed by atoms with Crippen LogP contribution in [0.1, 0.15) is 6.42 Å². The topological polar surface area (TPSA) is 57.6 Å². The van der Waals surface area contributed by atoms with Gasteiger partial charge in [-0.25, -0.2) is 4.79 Å². The molecule has 0 aromatic heterocycles. The lowest BCUT2D eigenvalue weighted by atomic mass is 10.2. The van der Waals surface area contributed by atoms with E-state index in [2.05, 4.69) is 0 Å². The molecule has 0 unspecified atom stereocenters. The second-order valence-corrected chi connectivity index (χ2v) is 3.22. The van der Waals surface area contributed by atoms with Crippen molar-refractivity contribution in [2.24, 2.45) is 11.8 Å². The molecule has 0 radical (unpaired) electrons. The van der Waals surface area contributed by atoms with Crippen LogP contribution in [0.2, 0.25) is 0 Å². The molecule has 0 aromatic carbocycles. The van der Waals surface area contributed by atoms with Crippen LogP contribution < -0.4 is 0 Å². The number of aldehydes is 1. The Balaban J connectivity index is 2.12. The van der Waals surface area contributed by atoms with Crippen LogP contribution in [0.15, 0.2) is 0 Å². The summed E-state index contributed by atoms with van der Waals surface area (Å²) in [5.74, 6) is 0.810. The standard InChI is InChI=1S/C7H9NO3/c9-3-6-5-1-4(5)2-8(6)7(10)11/h3-6H,1-2H2,(H,10,11)/t4-,5-,6-/m1/s1. The molecule has 0 bridgehead atoms. The highest BCUT2D eigenvalue weighted by molar-refractivity contribution is 5.73. The average molecular weight is 155 g/mol. The van der Waals surface area contributed by atoms with Gasteiger partial charge in [0.2, 0.25) is 0 Å². The Morgan fingerprint density at radius 1 is 1.64 bits per heavy atom. The van der Waals surface area contributed by atoms with E-state index in [9.17, 15) is 9.59 Å². The molecule has 1 heterocycles. The van der Waals surface area contributed by atoms with Crippen LogP contribution in [-0.2, 0) is 4.79 Å². The number of carbonyl (C=O) groups is 2. The van der Waals surface area contributed by atoms with Gasteiger partial charge in [-0.2, -0.15) is 0 Å². The largest absolute Gasteiger partial charge is 0.465 e. The summed E-state index contributed by atoms with van der Waals surface area (Å²) in [6.07, 6.45) is 0.827. The first-order chi connectivity index (χ1) is 5.24. The summed E-state index contributed by atoms with van der Waals surface area (Å²) in [4.78, 5) is 22.2. The summed E-state index contributed by atoms with van der Waals surface area (Å²) in [5, 5.41) is 8.62. The van der Waals surface area contributed by atoms with E-state index < -0.39 is 6.09 Å². The van der Waals surface area contributed by atoms with Crippen molar-refractivity contribution in [2.45, 2.75) is 12.5 Å². The van der Waals surface area contributed by atoms with E-state index in [-0.39, 0.29) is 6.04 Å². The third kappa shape index (κ3) is 0.818. The predicted molar refractivity (Wildman–Crippen MR) is 36.2 cm³/mol. The van der Waals surface area contributed by atoms with Crippen LogP contribution in [-0.4, -0.2) is 35.0 Å². The normalized spacial score (nSPS) is 40.0. The van der Waals surface area contributed by atoms with Gasteiger partial charge in [-0.15, -0.1) is 0 Å². The van der Waals surface area contributed by atoms with Crippen LogP contribution in [0.5, 0.6) is 0 Å². The zero-order valence-corrected chi connectivity index (χ0v) is 5.93. The number of carbonyl (C=O) groups excluding carboxylic acids is 1. The number of rotatable bonds is 1. The van der Waals surface area contributed by atoms with Gasteiger partial charge >= 0.3 is 6.09 Å². The first kappa shape index (κ1) is 6.64. The van der Waals surface area contributed by atoms with Crippen molar-refractivity contribution in [1.82, 2.24) is 4.90 Å². The van der Waals surface area contributed by atoms with Crippen molar-refractivity contribution >= 4 is 12.4 Å². The SMILES string of the molecule is O=C[C@@H]1[C@@H]2C[C@@H]2CN1C(=O)O. The number of fused-ring (bicyclic) bond motifs is 1. The summed E-state index contributed by atoms with van der Waals surface area (Å²) < 4.78 is 0. The highest BCUT2D eigenvalue weighted by Crippen LogP contribution is 2.48. The minimum absolute atomic E-state index is 0.337. The van der Waals surface area contributed by atoms with Gasteiger partial charge in [0.25, 0.3) is 0 Å². The van der Waals surface area contributed by atoms with Crippen LogP contribution in [0.3, 0.4) is 0 Å². The molecule has 1 amide bonds. The molecular weight excluding hydrogens is 146 g/mol. The third-order valence-electron chi connectivity index (χ3n) is 2.59. The number of amides is 1. The molecular formula is C7H9NO3. The van der Waals surface area contributed by atoms with E-state index in [1.54, 1.807) is 0 Å². The lowest BCUT2D eigenvalue weighted by Gasteiger charge is -2.18. The Labute approximate surface area is 63.8 Å². The number of hydrogen-bond donors (Lipinski definition) is 1. The van der Waals surface area contributed by atoms with Crippen molar-refractivity contribution in [3.8, 4) is 0 Å². The van der Waals surface area contributed by atoms with Gasteiger partial charge in [0.1, 0.15) is 6.29 Å². The van der Waals surface area contributed by atoms with Gasteiger partial charge in [0.05, 0.1) is 6.04 Å². The van der Waals surface area contributed by atoms with Crippen LogP contribution >= 0.6 is 0 Å². The van der Waals surface area contributed by atoms with E-state index in [0.29, 0.717) is 18.4 Å². The number of nitrogens with zero attached hydrogens (tertiary/aromatic N) is 1. The number of likely N-dealkylation sites (tertiary alicyclic amines) is 1. The zero-order chi connectivity index (χ0) is 8.01. The molecule has 1 aliphatic heterocycles. The van der Waals surface area contributed by atoms with E-state index in [0.717, 1.165) is 12.7 Å². The smallest absolute Gasteiger partial charge is 0.407 e. The summed E-state index contributed by atoms with van der Waals surface area (Å²) in [6.45, 7) is 0.559. The number of hydrogen-bond acceptors (Lipinski definition) is 2. The van der Waals surface area contributed by atoms with E-state index in [4.69, 9.17) is 5.11 Å². The van der Waals surface area contributed by atoms with Gasteiger partial charge in [-0.1, -0.05) is 0 Å². The molecule has 2 fully saturated rings. The molecule has 1 saturated carbocycles. The summed E-state index contributed by atoms with van der Waals surface area (Å²) in [5.41, 5.74) is 0. The van der Waals surface area contributed by atoms with Crippen molar-refractivity contribution in [2.75, 3.05) is 6.54 Å². The maximum Gasteiger partial charge on any atom is 0.407 e. The molecule has 11 heavy (non-hydrogen) atoms. The first-order valence-corrected chi connectivity index (χ1v) is 3.69. The van der Waals surface area contributed by atoms with Gasteiger partial charge in [-0.3, -0.25) is 4.90 Å². The highest BCUT2D eigenvalue weighted by Gasteiger charge is 2.54. The number of carboxylic acid groups (broad SMARTS) is 1. The predicted octanol–water partition coefficient (Wildman–Crippen LogP) is 0.184. The summed E-state index contributed by atoms with van der Waals surface area (Å²) in [7, 11) is 0. The van der Waals surface area contributed by atoms with Crippen molar-refractivity contribution in [3.63, 3.8) is 0 Å². The molecule has 1 saturated heterocycles. The van der Waals surface area contributed by atoms with E-state index in [1.807, 2.05) is 0 Å². The Bertz CT molecular complexity index is 216. The second-order valence-electron chi connectivity index (χ2n) is 3.22. The molecule has 0 spiro atoms. The van der Waals surface area contributed by atoms with Crippen molar-refractivity contribution in [1.29, 1.82) is 0 Å².